The van der Waals surface area contributed by atoms with Crippen LogP contribution >= 0.6 is 11.8 Å². The van der Waals surface area contributed by atoms with Gasteiger partial charge in [-0.05, 0) is 68.0 Å². The first-order valence-electron chi connectivity index (χ1n) is 13.3. The van der Waals surface area contributed by atoms with Crippen molar-refractivity contribution < 1.29 is 19.1 Å². The zero-order valence-electron chi connectivity index (χ0n) is 22.1. The van der Waals surface area contributed by atoms with E-state index in [9.17, 15) is 9.59 Å². The topological polar surface area (TPSA) is 93.1 Å². The summed E-state index contributed by atoms with van der Waals surface area (Å²) in [5.41, 5.74) is 2.79. The predicted molar refractivity (Wildman–Crippen MR) is 152 cm³/mol. The van der Waals surface area contributed by atoms with Gasteiger partial charge in [0.25, 0.3) is 5.91 Å². The maximum absolute atomic E-state index is 13.4. The van der Waals surface area contributed by atoms with Crippen molar-refractivity contribution in [3.05, 3.63) is 89.7 Å². The van der Waals surface area contributed by atoms with Crippen LogP contribution < -0.4 is 14.8 Å². The Balaban J connectivity index is 1.52. The molecule has 5 rings (SSSR count). The van der Waals surface area contributed by atoms with Gasteiger partial charge >= 0.3 is 5.24 Å². The summed E-state index contributed by atoms with van der Waals surface area (Å²) in [5, 5.41) is 8.90. The first-order chi connectivity index (χ1) is 19.1. The van der Waals surface area contributed by atoms with Gasteiger partial charge in [0.1, 0.15) is 0 Å². The number of hydrogen-bond donors (Lipinski definition) is 1. The number of nitrogens with one attached hydrogen (secondary N) is 1. The highest BCUT2D eigenvalue weighted by molar-refractivity contribution is 8.14. The Labute approximate surface area is 232 Å². The third-order valence-corrected chi connectivity index (χ3v) is 8.18. The van der Waals surface area contributed by atoms with Gasteiger partial charge in [0.05, 0.1) is 24.2 Å². The van der Waals surface area contributed by atoms with Gasteiger partial charge in [-0.25, -0.2) is 0 Å². The zero-order chi connectivity index (χ0) is 27.2. The van der Waals surface area contributed by atoms with Crippen LogP contribution in [0.3, 0.4) is 0 Å². The number of hydrazone groups is 1. The lowest BCUT2D eigenvalue weighted by atomic mass is 10.0. The van der Waals surface area contributed by atoms with E-state index in [4.69, 9.17) is 14.6 Å². The molecule has 0 bridgehead atoms. The number of amides is 2. The zero-order valence-corrected chi connectivity index (χ0v) is 22.9. The summed E-state index contributed by atoms with van der Waals surface area (Å²) in [7, 11) is 1.63. The van der Waals surface area contributed by atoms with E-state index in [0.29, 0.717) is 23.5 Å². The van der Waals surface area contributed by atoms with Crippen LogP contribution in [0.2, 0.25) is 0 Å². The Hall–Kier alpha value is -3.85. The summed E-state index contributed by atoms with van der Waals surface area (Å²) >= 11 is 1.21. The minimum Gasteiger partial charge on any atom is -0.493 e. The number of pyridine rings is 1. The van der Waals surface area contributed by atoms with Gasteiger partial charge in [0.15, 0.2) is 17.7 Å². The molecule has 3 aromatic rings. The molecule has 9 heteroatoms. The smallest absolute Gasteiger partial charge is 0.304 e. The molecule has 8 nitrogen and oxygen atoms in total. The molecule has 0 spiro atoms. The molecule has 1 aliphatic heterocycles. The van der Waals surface area contributed by atoms with Gasteiger partial charge in [-0.2, -0.15) is 10.1 Å². The predicted octanol–water partition coefficient (Wildman–Crippen LogP) is 6.19. The molecular formula is C30H32N4O4S. The number of methoxy groups -OCH3 is 1. The van der Waals surface area contributed by atoms with Gasteiger partial charge in [-0.3, -0.25) is 14.6 Å². The van der Waals surface area contributed by atoms with Crippen LogP contribution in [-0.2, 0) is 0 Å². The van der Waals surface area contributed by atoms with E-state index in [0.717, 1.165) is 42.5 Å². The summed E-state index contributed by atoms with van der Waals surface area (Å²) in [6.45, 7) is 2.04. The number of hydrogen-bond acceptors (Lipinski definition) is 7. The van der Waals surface area contributed by atoms with Crippen molar-refractivity contribution in [2.24, 2.45) is 5.10 Å². The first kappa shape index (κ1) is 26.7. The van der Waals surface area contributed by atoms with Crippen LogP contribution in [-0.4, -0.2) is 45.3 Å². The number of benzene rings is 2. The molecule has 2 aromatic carbocycles. The summed E-state index contributed by atoms with van der Waals surface area (Å²) in [4.78, 5) is 30.6. The van der Waals surface area contributed by atoms with Gasteiger partial charge in [-0.1, -0.05) is 49.0 Å². The average molecular weight is 545 g/mol. The molecule has 2 amide bonds. The van der Waals surface area contributed by atoms with Crippen LogP contribution in [0.15, 0.2) is 78.2 Å². The van der Waals surface area contributed by atoms with Crippen LogP contribution in [0.1, 0.15) is 66.7 Å². The molecule has 39 heavy (non-hydrogen) atoms. The van der Waals surface area contributed by atoms with E-state index < -0.39 is 6.17 Å². The van der Waals surface area contributed by atoms with Crippen molar-refractivity contribution in [1.82, 2.24) is 15.3 Å². The number of rotatable bonds is 9. The monoisotopic (exact) mass is 544 g/mol. The molecule has 2 unspecified atom stereocenters. The quantitative estimate of drug-likeness (QED) is 0.345. The Morgan fingerprint density at radius 3 is 2.51 bits per heavy atom. The maximum Gasteiger partial charge on any atom is 0.304 e. The SMILES string of the molecule is CCC1SC(=O)N(C(NC(=O)c2ccncc2)c2ccccc2)N=C1c1ccc(OC)c(OC2CCCC2)c1. The highest BCUT2D eigenvalue weighted by Gasteiger charge is 2.36. The van der Waals surface area contributed by atoms with Gasteiger partial charge < -0.3 is 14.8 Å². The first-order valence-corrected chi connectivity index (χ1v) is 14.1. The van der Waals surface area contributed by atoms with Crippen molar-refractivity contribution >= 4 is 28.6 Å². The van der Waals surface area contributed by atoms with Crippen molar-refractivity contribution in [2.75, 3.05) is 7.11 Å². The van der Waals surface area contributed by atoms with Crippen LogP contribution in [0.5, 0.6) is 11.5 Å². The molecule has 202 valence electrons. The fourth-order valence-corrected chi connectivity index (χ4v) is 5.84. The summed E-state index contributed by atoms with van der Waals surface area (Å²) in [6, 6.07) is 18.4. The number of carbonyl (C=O) groups excluding carboxylic acids is 2. The van der Waals surface area contributed by atoms with Gasteiger partial charge in [0.2, 0.25) is 0 Å². The van der Waals surface area contributed by atoms with Crippen molar-refractivity contribution in [3.8, 4) is 11.5 Å². The molecule has 1 aliphatic carbocycles. The molecule has 2 atom stereocenters. The molecule has 0 saturated heterocycles. The van der Waals surface area contributed by atoms with E-state index in [1.807, 2.05) is 55.5 Å². The summed E-state index contributed by atoms with van der Waals surface area (Å²) in [5.74, 6) is 1.02. The largest absolute Gasteiger partial charge is 0.493 e. The second-order valence-electron chi connectivity index (χ2n) is 9.52. The third kappa shape index (κ3) is 6.09. The molecule has 1 aromatic heterocycles. The van der Waals surface area contributed by atoms with Crippen molar-refractivity contribution in [3.63, 3.8) is 0 Å². The molecule has 0 radical (unpaired) electrons. The van der Waals surface area contributed by atoms with Crippen molar-refractivity contribution in [2.45, 2.75) is 56.5 Å². The molecule has 1 saturated carbocycles. The Morgan fingerprint density at radius 1 is 1.08 bits per heavy atom. The van der Waals surface area contributed by atoms with E-state index in [1.54, 1.807) is 31.6 Å². The van der Waals surface area contributed by atoms with Gasteiger partial charge in [0, 0.05) is 23.5 Å². The molecule has 1 N–H and O–H groups in total. The molecule has 1 fully saturated rings. The van der Waals surface area contributed by atoms with E-state index in [1.165, 1.54) is 16.8 Å². The Kier molecular flexibility index (Phi) is 8.46. The third-order valence-electron chi connectivity index (χ3n) is 6.95. The van der Waals surface area contributed by atoms with Crippen LogP contribution in [0, 0.1) is 0 Å². The normalized spacial score (nSPS) is 18.4. The molecular weight excluding hydrogens is 512 g/mol. The van der Waals surface area contributed by atoms with Crippen molar-refractivity contribution in [1.29, 1.82) is 0 Å². The fourth-order valence-electron chi connectivity index (χ4n) is 4.88. The summed E-state index contributed by atoms with van der Waals surface area (Å²) < 4.78 is 11.9. The molecule has 2 heterocycles. The lowest BCUT2D eigenvalue weighted by Gasteiger charge is -2.34. The number of carbonyl (C=O) groups is 2. The van der Waals surface area contributed by atoms with Gasteiger partial charge in [-0.15, -0.1) is 0 Å². The highest BCUT2D eigenvalue weighted by Crippen LogP contribution is 2.37. The fraction of sp³-hybridized carbons (Fsp3) is 0.333. The lowest BCUT2D eigenvalue weighted by molar-refractivity contribution is 0.0887. The second kappa shape index (κ2) is 12.3. The Morgan fingerprint density at radius 2 is 1.82 bits per heavy atom. The molecule has 2 aliphatic rings. The average Bonchev–Trinajstić information content (AvgIpc) is 3.50. The lowest BCUT2D eigenvalue weighted by Crippen LogP contribution is -2.44. The van der Waals surface area contributed by atoms with Crippen LogP contribution in [0.4, 0.5) is 4.79 Å². The highest BCUT2D eigenvalue weighted by atomic mass is 32.2. The number of ether oxygens (including phenoxy) is 2. The summed E-state index contributed by atoms with van der Waals surface area (Å²) in [6.07, 6.45) is 7.59. The minimum absolute atomic E-state index is 0.145. The standard InChI is InChI=1S/C30H32N4O4S/c1-3-26-27(22-13-14-24(37-2)25(19-22)38-23-11-7-8-12-23)33-34(30(36)39-26)28(20-9-5-4-6-10-20)32-29(35)21-15-17-31-18-16-21/h4-6,9-10,13-19,23,26,28H,3,7-8,11-12H2,1-2H3,(H,32,35). The maximum atomic E-state index is 13.4. The Bertz CT molecular complexity index is 1330. The van der Waals surface area contributed by atoms with E-state index in [-0.39, 0.29) is 22.5 Å². The minimum atomic E-state index is -0.799. The van der Waals surface area contributed by atoms with Crippen LogP contribution in [0.25, 0.3) is 0 Å². The van der Waals surface area contributed by atoms with E-state index in [2.05, 4.69) is 10.3 Å². The van der Waals surface area contributed by atoms with E-state index >= 15 is 0 Å². The number of nitrogens with zero attached hydrogens (tertiary/aromatic N) is 3. The number of aromatic nitrogens is 1. The number of thioether (sulfide) groups is 1. The second-order valence-corrected chi connectivity index (χ2v) is 10.7.